The van der Waals surface area contributed by atoms with Gasteiger partial charge in [0.25, 0.3) is 11.6 Å². The topological polar surface area (TPSA) is 111 Å². The lowest BCUT2D eigenvalue weighted by Gasteiger charge is -2.09. The SMILES string of the molecule is Cc1cc(-c2cc(C(=O)Nc3ccc(C(N)=O)cc3)c3c(C)noc3n2)c(C)s1. The summed E-state index contributed by atoms with van der Waals surface area (Å²) in [7, 11) is 0. The lowest BCUT2D eigenvalue weighted by atomic mass is 10.1. The predicted molar refractivity (Wildman–Crippen MR) is 112 cm³/mol. The molecule has 146 valence electrons. The smallest absolute Gasteiger partial charge is 0.259 e. The van der Waals surface area contributed by atoms with Crippen molar-refractivity contribution in [1.82, 2.24) is 10.1 Å². The number of carbonyl (C=O) groups is 2. The first kappa shape index (κ1) is 18.8. The summed E-state index contributed by atoms with van der Waals surface area (Å²) in [6.45, 7) is 5.82. The second-order valence-corrected chi connectivity index (χ2v) is 8.19. The maximum atomic E-state index is 13.1. The van der Waals surface area contributed by atoms with E-state index < -0.39 is 5.91 Å². The Morgan fingerprint density at radius 3 is 2.45 bits per heavy atom. The Balaban J connectivity index is 1.77. The minimum absolute atomic E-state index is 0.317. The van der Waals surface area contributed by atoms with Crippen LogP contribution in [0.5, 0.6) is 0 Å². The molecule has 0 aliphatic heterocycles. The van der Waals surface area contributed by atoms with Crippen molar-refractivity contribution in [2.75, 3.05) is 5.32 Å². The molecule has 0 saturated heterocycles. The van der Waals surface area contributed by atoms with Crippen LogP contribution in [0.4, 0.5) is 5.69 Å². The Bertz CT molecular complexity index is 1260. The van der Waals surface area contributed by atoms with Crippen molar-refractivity contribution in [2.45, 2.75) is 20.8 Å². The van der Waals surface area contributed by atoms with Crippen molar-refractivity contribution in [3.05, 3.63) is 63.0 Å². The molecule has 0 fully saturated rings. The van der Waals surface area contributed by atoms with E-state index in [1.54, 1.807) is 48.6 Å². The average molecular weight is 406 g/mol. The molecule has 4 aromatic rings. The molecule has 1 aromatic carbocycles. The second-order valence-electron chi connectivity index (χ2n) is 6.73. The van der Waals surface area contributed by atoms with Crippen LogP contribution < -0.4 is 11.1 Å². The van der Waals surface area contributed by atoms with Gasteiger partial charge in [0.05, 0.1) is 22.3 Å². The fraction of sp³-hybridized carbons (Fsp3) is 0.143. The van der Waals surface area contributed by atoms with Gasteiger partial charge in [0.15, 0.2) is 0 Å². The van der Waals surface area contributed by atoms with E-state index in [0.29, 0.717) is 39.3 Å². The van der Waals surface area contributed by atoms with E-state index in [4.69, 9.17) is 10.3 Å². The molecule has 0 aliphatic rings. The van der Waals surface area contributed by atoms with Crippen LogP contribution in [0.15, 0.2) is 40.9 Å². The van der Waals surface area contributed by atoms with Gasteiger partial charge >= 0.3 is 0 Å². The fourth-order valence-corrected chi connectivity index (χ4v) is 4.15. The monoisotopic (exact) mass is 406 g/mol. The molecule has 29 heavy (non-hydrogen) atoms. The minimum atomic E-state index is -0.523. The van der Waals surface area contributed by atoms with Gasteiger partial charge in [-0.3, -0.25) is 9.59 Å². The van der Waals surface area contributed by atoms with E-state index in [-0.39, 0.29) is 5.91 Å². The number of aryl methyl sites for hydroxylation is 3. The number of hydrogen-bond acceptors (Lipinski definition) is 6. The maximum Gasteiger partial charge on any atom is 0.259 e. The van der Waals surface area contributed by atoms with E-state index in [1.165, 1.54) is 0 Å². The quantitative estimate of drug-likeness (QED) is 0.527. The number of thiophene rings is 1. The Labute approximate surface area is 170 Å². The van der Waals surface area contributed by atoms with Gasteiger partial charge in [-0.15, -0.1) is 11.3 Å². The molecular formula is C21H18N4O3S. The van der Waals surface area contributed by atoms with Crippen LogP contribution in [-0.4, -0.2) is 22.0 Å². The number of nitrogens with one attached hydrogen (secondary N) is 1. The zero-order valence-corrected chi connectivity index (χ0v) is 16.9. The van der Waals surface area contributed by atoms with Gasteiger partial charge in [-0.25, -0.2) is 4.98 Å². The van der Waals surface area contributed by atoms with Crippen LogP contribution in [0.25, 0.3) is 22.4 Å². The molecule has 0 atom stereocenters. The molecule has 3 aromatic heterocycles. The number of anilines is 1. The first-order valence-electron chi connectivity index (χ1n) is 8.89. The molecule has 2 amide bonds. The van der Waals surface area contributed by atoms with Crippen LogP contribution in [-0.2, 0) is 0 Å². The first-order chi connectivity index (χ1) is 13.8. The molecule has 7 nitrogen and oxygen atoms in total. The van der Waals surface area contributed by atoms with E-state index >= 15 is 0 Å². The maximum absolute atomic E-state index is 13.1. The largest absolute Gasteiger partial charge is 0.366 e. The molecule has 3 heterocycles. The zero-order valence-electron chi connectivity index (χ0n) is 16.1. The number of aromatic nitrogens is 2. The van der Waals surface area contributed by atoms with Gasteiger partial charge in [-0.05, 0) is 57.2 Å². The third-order valence-electron chi connectivity index (χ3n) is 4.61. The van der Waals surface area contributed by atoms with Crippen molar-refractivity contribution in [3.63, 3.8) is 0 Å². The highest BCUT2D eigenvalue weighted by Gasteiger charge is 2.20. The van der Waals surface area contributed by atoms with Crippen LogP contribution in [0.1, 0.15) is 36.2 Å². The summed E-state index contributed by atoms with van der Waals surface area (Å²) >= 11 is 1.67. The Kier molecular flexibility index (Phi) is 4.63. The highest BCUT2D eigenvalue weighted by Crippen LogP contribution is 2.33. The number of amides is 2. The summed E-state index contributed by atoms with van der Waals surface area (Å²) in [5.41, 5.74) is 9.12. The number of nitrogens with two attached hydrogens (primary N) is 1. The van der Waals surface area contributed by atoms with Gasteiger partial charge in [-0.1, -0.05) is 5.16 Å². The normalized spacial score (nSPS) is 11.0. The van der Waals surface area contributed by atoms with Crippen LogP contribution >= 0.6 is 11.3 Å². The Morgan fingerprint density at radius 2 is 1.83 bits per heavy atom. The molecule has 0 spiro atoms. The van der Waals surface area contributed by atoms with E-state index in [1.807, 2.05) is 19.9 Å². The molecule has 3 N–H and O–H groups in total. The van der Waals surface area contributed by atoms with Gasteiger partial charge < -0.3 is 15.6 Å². The van der Waals surface area contributed by atoms with Gasteiger partial charge in [0, 0.05) is 26.6 Å². The van der Waals surface area contributed by atoms with Gasteiger partial charge in [0.2, 0.25) is 5.91 Å². The number of pyridine rings is 1. The molecule has 8 heteroatoms. The number of nitrogens with zero attached hydrogens (tertiary/aromatic N) is 2. The molecule has 0 radical (unpaired) electrons. The predicted octanol–water partition coefficient (Wildman–Crippen LogP) is 4.23. The lowest BCUT2D eigenvalue weighted by Crippen LogP contribution is -2.14. The summed E-state index contributed by atoms with van der Waals surface area (Å²) in [5, 5.41) is 7.39. The molecular weight excluding hydrogens is 388 g/mol. The molecule has 0 saturated carbocycles. The summed E-state index contributed by atoms with van der Waals surface area (Å²) < 4.78 is 5.35. The van der Waals surface area contributed by atoms with E-state index in [9.17, 15) is 9.59 Å². The number of fused-ring (bicyclic) bond motifs is 1. The van der Waals surface area contributed by atoms with Crippen molar-refractivity contribution < 1.29 is 14.1 Å². The standard InChI is InChI=1S/C21H18N4O3S/c1-10-8-15(12(3)29-10)17-9-16(18-11(2)25-28-21(18)24-17)20(27)23-14-6-4-13(5-7-14)19(22)26/h4-9H,1-3H3,(H2,22,26)(H,23,27). The third kappa shape index (κ3) is 3.50. The van der Waals surface area contributed by atoms with Crippen molar-refractivity contribution in [2.24, 2.45) is 5.73 Å². The summed E-state index contributed by atoms with van der Waals surface area (Å²) in [6, 6.07) is 10.2. The van der Waals surface area contributed by atoms with Gasteiger partial charge in [0.1, 0.15) is 0 Å². The molecule has 0 unspecified atom stereocenters. The van der Waals surface area contributed by atoms with E-state index in [0.717, 1.165) is 15.3 Å². The third-order valence-corrected chi connectivity index (χ3v) is 5.57. The van der Waals surface area contributed by atoms with Crippen LogP contribution in [0, 0.1) is 20.8 Å². The number of primary amides is 1. The van der Waals surface area contributed by atoms with Gasteiger partial charge in [-0.2, -0.15) is 0 Å². The number of benzene rings is 1. The highest BCUT2D eigenvalue weighted by atomic mass is 32.1. The number of hydrogen-bond donors (Lipinski definition) is 2. The average Bonchev–Trinajstić information content (AvgIpc) is 3.23. The lowest BCUT2D eigenvalue weighted by molar-refractivity contribution is 0.0998. The second kappa shape index (κ2) is 7.14. The fourth-order valence-electron chi connectivity index (χ4n) is 3.21. The first-order valence-corrected chi connectivity index (χ1v) is 9.71. The Hall–Kier alpha value is -3.52. The number of rotatable bonds is 4. The van der Waals surface area contributed by atoms with Crippen LogP contribution in [0.2, 0.25) is 0 Å². The van der Waals surface area contributed by atoms with E-state index in [2.05, 4.69) is 15.5 Å². The van der Waals surface area contributed by atoms with Crippen molar-refractivity contribution in [1.29, 1.82) is 0 Å². The molecule has 0 bridgehead atoms. The minimum Gasteiger partial charge on any atom is -0.366 e. The summed E-state index contributed by atoms with van der Waals surface area (Å²) in [4.78, 5) is 31.1. The number of carbonyl (C=O) groups excluding carboxylic acids is 2. The van der Waals surface area contributed by atoms with Crippen LogP contribution in [0.3, 0.4) is 0 Å². The zero-order chi connectivity index (χ0) is 20.7. The molecule has 0 aliphatic carbocycles. The summed E-state index contributed by atoms with van der Waals surface area (Å²) in [5.74, 6) is -0.841. The summed E-state index contributed by atoms with van der Waals surface area (Å²) in [6.07, 6.45) is 0. The van der Waals surface area contributed by atoms with Crippen molar-refractivity contribution in [3.8, 4) is 11.3 Å². The Morgan fingerprint density at radius 1 is 1.10 bits per heavy atom. The molecule has 4 rings (SSSR count). The highest BCUT2D eigenvalue weighted by molar-refractivity contribution is 7.12. The van der Waals surface area contributed by atoms with Crippen molar-refractivity contribution >= 4 is 39.9 Å².